The van der Waals surface area contributed by atoms with E-state index in [9.17, 15) is 10.2 Å². The third kappa shape index (κ3) is 4.13. The van der Waals surface area contributed by atoms with Crippen LogP contribution in [0.1, 0.15) is 32.8 Å². The first-order valence-corrected chi connectivity index (χ1v) is 8.78. The van der Waals surface area contributed by atoms with E-state index in [-0.39, 0.29) is 6.61 Å². The predicted octanol–water partition coefficient (Wildman–Crippen LogP) is 2.66. The highest BCUT2D eigenvalue weighted by Crippen LogP contribution is 2.47. The highest BCUT2D eigenvalue weighted by Gasteiger charge is 2.57. The number of methoxy groups -OCH3 is 1. The van der Waals surface area contributed by atoms with Gasteiger partial charge in [0.2, 0.25) is 0 Å². The summed E-state index contributed by atoms with van der Waals surface area (Å²) < 4.78 is 17.7. The first-order chi connectivity index (χ1) is 12.0. The number of benzene rings is 1. The number of aliphatic hydroxyl groups is 2. The minimum Gasteiger partial charge on any atom is -0.394 e. The summed E-state index contributed by atoms with van der Waals surface area (Å²) in [5, 5.41) is 19.7. The van der Waals surface area contributed by atoms with Gasteiger partial charge in [0.25, 0.3) is 0 Å². The molecule has 1 saturated heterocycles. The van der Waals surface area contributed by atoms with Crippen molar-refractivity contribution in [2.24, 2.45) is 5.41 Å². The van der Waals surface area contributed by atoms with E-state index in [0.29, 0.717) is 6.61 Å². The third-order valence-corrected chi connectivity index (χ3v) is 5.07. The molecule has 0 amide bonds. The van der Waals surface area contributed by atoms with Gasteiger partial charge in [0.1, 0.15) is 18.3 Å². The molecule has 1 aromatic rings. The summed E-state index contributed by atoms with van der Waals surface area (Å²) in [6.07, 6.45) is 0.321. The summed E-state index contributed by atoms with van der Waals surface area (Å²) in [6, 6.07) is 9.87. The van der Waals surface area contributed by atoms with Gasteiger partial charge in [0.15, 0.2) is 6.29 Å². The Morgan fingerprint density at radius 2 is 2.04 bits per heavy atom. The van der Waals surface area contributed by atoms with Crippen molar-refractivity contribution in [3.63, 3.8) is 0 Å². The Kier molecular flexibility index (Phi) is 7.16. The van der Waals surface area contributed by atoms with Crippen LogP contribution in [0.4, 0.5) is 0 Å². The molecule has 25 heavy (non-hydrogen) atoms. The molecule has 0 spiro atoms. The minimum atomic E-state index is -1.03. The third-order valence-electron chi connectivity index (χ3n) is 5.07. The second-order valence-electron chi connectivity index (χ2n) is 6.71. The summed E-state index contributed by atoms with van der Waals surface area (Å²) in [6.45, 7) is 6.14. The molecule has 0 aromatic heterocycles. The molecule has 0 saturated carbocycles. The van der Waals surface area contributed by atoms with E-state index in [2.05, 4.69) is 13.0 Å². The summed E-state index contributed by atoms with van der Waals surface area (Å²) in [5.74, 6) is 0. The molecule has 0 aliphatic carbocycles. The Morgan fingerprint density at radius 1 is 1.36 bits per heavy atom. The predicted molar refractivity (Wildman–Crippen MR) is 95.9 cm³/mol. The van der Waals surface area contributed by atoms with Gasteiger partial charge < -0.3 is 24.4 Å². The maximum atomic E-state index is 10.3. The fraction of sp³-hybridized carbons (Fsp3) is 0.600. The van der Waals surface area contributed by atoms with Crippen molar-refractivity contribution >= 4 is 0 Å². The van der Waals surface area contributed by atoms with Gasteiger partial charge in [-0.3, -0.25) is 0 Å². The quantitative estimate of drug-likeness (QED) is 0.706. The first-order valence-electron chi connectivity index (χ1n) is 8.78. The zero-order valence-electron chi connectivity index (χ0n) is 15.5. The molecule has 0 radical (unpaired) electrons. The molecule has 5 nitrogen and oxygen atoms in total. The molecule has 1 aliphatic heterocycles. The number of rotatable bonds is 8. The number of hydrogen-bond donors (Lipinski definition) is 2. The van der Waals surface area contributed by atoms with E-state index in [1.54, 1.807) is 7.11 Å². The van der Waals surface area contributed by atoms with Gasteiger partial charge in [-0.15, -0.1) is 0 Å². The van der Waals surface area contributed by atoms with Crippen LogP contribution in [0.25, 0.3) is 0 Å². The lowest BCUT2D eigenvalue weighted by Crippen LogP contribution is -2.46. The van der Waals surface area contributed by atoms with Crippen LogP contribution in [0.15, 0.2) is 42.0 Å². The lowest BCUT2D eigenvalue weighted by Gasteiger charge is -2.36. The molecule has 5 heteroatoms. The van der Waals surface area contributed by atoms with Gasteiger partial charge >= 0.3 is 0 Å². The number of allylic oxidation sites excluding steroid dienone is 1. The monoisotopic (exact) mass is 350 g/mol. The normalized spacial score (nSPS) is 31.3. The van der Waals surface area contributed by atoms with Crippen LogP contribution in [0.5, 0.6) is 0 Å². The lowest BCUT2D eigenvalue weighted by molar-refractivity contribution is -0.166. The van der Waals surface area contributed by atoms with Crippen molar-refractivity contribution in [1.82, 2.24) is 0 Å². The molecule has 1 aromatic carbocycles. The Morgan fingerprint density at radius 3 is 2.60 bits per heavy atom. The van der Waals surface area contributed by atoms with Gasteiger partial charge in [-0.1, -0.05) is 48.9 Å². The van der Waals surface area contributed by atoms with Crippen LogP contribution in [-0.2, 0) is 20.8 Å². The largest absolute Gasteiger partial charge is 0.394 e. The van der Waals surface area contributed by atoms with Crippen molar-refractivity contribution in [2.75, 3.05) is 13.7 Å². The lowest BCUT2D eigenvalue weighted by atomic mass is 9.75. The standard InChI is InChI=1S/C20H30O5/c1-5-9-14(2)20(3)18(24-13-15-10-7-6-8-11-15)17(16(22)12-21)25-19(20)23-4/h6-11,16-19,21-22H,5,12-13H2,1-4H3/b14-9+/t16?,17-,18+,19+,20+/m1/s1. The molecule has 1 heterocycles. The highest BCUT2D eigenvalue weighted by molar-refractivity contribution is 5.20. The van der Waals surface area contributed by atoms with E-state index < -0.39 is 30.0 Å². The van der Waals surface area contributed by atoms with Crippen LogP contribution in [0.2, 0.25) is 0 Å². The topological polar surface area (TPSA) is 68.2 Å². The van der Waals surface area contributed by atoms with Crippen molar-refractivity contribution in [3.05, 3.63) is 47.5 Å². The summed E-state index contributed by atoms with van der Waals surface area (Å²) in [5.41, 5.74) is 1.58. The number of aliphatic hydroxyl groups excluding tert-OH is 2. The van der Waals surface area contributed by atoms with Crippen LogP contribution in [-0.4, -0.2) is 48.5 Å². The van der Waals surface area contributed by atoms with Gasteiger partial charge in [-0.05, 0) is 25.8 Å². The number of ether oxygens (including phenoxy) is 3. The Labute approximate surface area is 150 Å². The van der Waals surface area contributed by atoms with Gasteiger partial charge in [0.05, 0.1) is 18.6 Å². The van der Waals surface area contributed by atoms with E-state index in [1.807, 2.05) is 44.2 Å². The maximum absolute atomic E-state index is 10.3. The van der Waals surface area contributed by atoms with Gasteiger partial charge in [-0.2, -0.15) is 0 Å². The first kappa shape index (κ1) is 20.1. The molecular formula is C20H30O5. The molecule has 140 valence electrons. The fourth-order valence-corrected chi connectivity index (χ4v) is 3.49. The van der Waals surface area contributed by atoms with Crippen LogP contribution < -0.4 is 0 Å². The zero-order valence-corrected chi connectivity index (χ0v) is 15.5. The van der Waals surface area contributed by atoms with Crippen molar-refractivity contribution in [2.45, 2.75) is 58.4 Å². The maximum Gasteiger partial charge on any atom is 0.169 e. The Bertz CT molecular complexity index is 558. The van der Waals surface area contributed by atoms with Crippen molar-refractivity contribution in [1.29, 1.82) is 0 Å². The fourth-order valence-electron chi connectivity index (χ4n) is 3.49. The average molecular weight is 350 g/mol. The van der Waals surface area contributed by atoms with E-state index in [0.717, 1.165) is 17.6 Å². The molecule has 2 rings (SSSR count). The Balaban J connectivity index is 2.32. The molecule has 2 N–H and O–H groups in total. The average Bonchev–Trinajstić information content (AvgIpc) is 2.93. The number of hydrogen-bond acceptors (Lipinski definition) is 5. The van der Waals surface area contributed by atoms with E-state index in [1.165, 1.54) is 0 Å². The summed E-state index contributed by atoms with van der Waals surface area (Å²) >= 11 is 0. The molecule has 1 unspecified atom stereocenters. The summed E-state index contributed by atoms with van der Waals surface area (Å²) in [7, 11) is 1.59. The second-order valence-corrected chi connectivity index (χ2v) is 6.71. The van der Waals surface area contributed by atoms with Crippen molar-refractivity contribution in [3.8, 4) is 0 Å². The smallest absolute Gasteiger partial charge is 0.169 e. The minimum absolute atomic E-state index is 0.390. The second kappa shape index (κ2) is 8.92. The SMILES string of the molecule is CC/C=C(\C)[C@]1(C)[C@@H](OC)O[C@H](C(O)CO)[C@@H]1OCc1ccccc1. The van der Waals surface area contributed by atoms with Crippen LogP contribution in [0.3, 0.4) is 0 Å². The van der Waals surface area contributed by atoms with Gasteiger partial charge in [-0.25, -0.2) is 0 Å². The molecule has 1 fully saturated rings. The Hall–Kier alpha value is -1.24. The van der Waals surface area contributed by atoms with E-state index >= 15 is 0 Å². The zero-order chi connectivity index (χ0) is 18.4. The molecule has 5 atom stereocenters. The van der Waals surface area contributed by atoms with Crippen LogP contribution >= 0.6 is 0 Å². The molecule has 1 aliphatic rings. The molecule has 0 bridgehead atoms. The van der Waals surface area contributed by atoms with Gasteiger partial charge in [0, 0.05) is 7.11 Å². The highest BCUT2D eigenvalue weighted by atomic mass is 16.7. The molecular weight excluding hydrogens is 320 g/mol. The summed E-state index contributed by atoms with van der Waals surface area (Å²) in [4.78, 5) is 0. The van der Waals surface area contributed by atoms with Crippen LogP contribution in [0, 0.1) is 5.41 Å². The van der Waals surface area contributed by atoms with Crippen molar-refractivity contribution < 1.29 is 24.4 Å². The van der Waals surface area contributed by atoms with E-state index in [4.69, 9.17) is 14.2 Å².